The molecule has 0 saturated heterocycles. The van der Waals surface area contributed by atoms with Gasteiger partial charge in [0.25, 0.3) is 0 Å². The maximum atomic E-state index is 4.32. The lowest BCUT2D eigenvalue weighted by Gasteiger charge is -2.14. The van der Waals surface area contributed by atoms with Gasteiger partial charge in [0.05, 0.1) is 11.7 Å². The van der Waals surface area contributed by atoms with Gasteiger partial charge in [0, 0.05) is 10.7 Å². The van der Waals surface area contributed by atoms with Gasteiger partial charge < -0.3 is 5.32 Å². The Labute approximate surface area is 93.6 Å². The summed E-state index contributed by atoms with van der Waals surface area (Å²) < 4.78 is 1.02. The number of nitrogens with one attached hydrogen (secondary N) is 1. The van der Waals surface area contributed by atoms with Gasteiger partial charge in [0.1, 0.15) is 0 Å². The molecule has 76 valence electrons. The molecule has 1 N–H and O–H groups in total. The summed E-state index contributed by atoms with van der Waals surface area (Å²) in [4.78, 5) is 4.32. The molecule has 0 aliphatic carbocycles. The van der Waals surface area contributed by atoms with Gasteiger partial charge in [-0.2, -0.15) is 0 Å². The van der Waals surface area contributed by atoms with Crippen LogP contribution >= 0.6 is 15.9 Å². The summed E-state index contributed by atoms with van der Waals surface area (Å²) >= 11 is 3.48. The van der Waals surface area contributed by atoms with Crippen molar-refractivity contribution in [1.82, 2.24) is 10.3 Å². The third-order valence-electron chi connectivity index (χ3n) is 1.93. The molecule has 1 aromatic rings. The first-order valence-electron chi connectivity index (χ1n) is 4.76. The van der Waals surface area contributed by atoms with Crippen molar-refractivity contribution in [1.29, 1.82) is 0 Å². The Kier molecular flexibility index (Phi) is 4.84. The Morgan fingerprint density at radius 1 is 1.71 bits per heavy atom. The second-order valence-corrected chi connectivity index (χ2v) is 3.89. The number of hydrogen-bond acceptors (Lipinski definition) is 2. The van der Waals surface area contributed by atoms with Crippen molar-refractivity contribution in [2.45, 2.75) is 19.4 Å². The number of hydrogen-bond donors (Lipinski definition) is 1. The highest BCUT2D eigenvalue weighted by molar-refractivity contribution is 9.10. The molecule has 1 rings (SSSR count). The first kappa shape index (κ1) is 11.4. The quantitative estimate of drug-likeness (QED) is 0.818. The van der Waals surface area contributed by atoms with Crippen molar-refractivity contribution in [2.75, 3.05) is 6.54 Å². The van der Waals surface area contributed by atoms with Crippen LogP contribution in [0.4, 0.5) is 0 Å². The van der Waals surface area contributed by atoms with Gasteiger partial charge in [0.15, 0.2) is 0 Å². The minimum Gasteiger partial charge on any atom is -0.305 e. The van der Waals surface area contributed by atoms with E-state index >= 15 is 0 Å². The average molecular weight is 255 g/mol. The lowest BCUT2D eigenvalue weighted by atomic mass is 10.2. The molecule has 0 saturated carbocycles. The van der Waals surface area contributed by atoms with E-state index < -0.39 is 0 Å². The van der Waals surface area contributed by atoms with Gasteiger partial charge in [-0.3, -0.25) is 4.98 Å². The third kappa shape index (κ3) is 2.93. The molecule has 14 heavy (non-hydrogen) atoms. The lowest BCUT2D eigenvalue weighted by molar-refractivity contribution is 0.599. The van der Waals surface area contributed by atoms with Crippen LogP contribution < -0.4 is 5.32 Å². The average Bonchev–Trinajstić information content (AvgIpc) is 2.21. The van der Waals surface area contributed by atoms with E-state index in [0.29, 0.717) is 0 Å². The van der Waals surface area contributed by atoms with Gasteiger partial charge in [0.2, 0.25) is 0 Å². The van der Waals surface area contributed by atoms with Crippen LogP contribution in [0.2, 0.25) is 0 Å². The monoisotopic (exact) mass is 254 g/mol. The van der Waals surface area contributed by atoms with Gasteiger partial charge in [-0.15, -0.1) is 6.58 Å². The summed E-state index contributed by atoms with van der Waals surface area (Å²) in [7, 11) is 0. The molecule has 0 fully saturated rings. The van der Waals surface area contributed by atoms with E-state index in [1.54, 1.807) is 6.20 Å². The maximum absolute atomic E-state index is 4.32. The minimum absolute atomic E-state index is 0.130. The molecule has 2 nitrogen and oxygen atoms in total. The second kappa shape index (κ2) is 5.94. The number of halogens is 1. The van der Waals surface area contributed by atoms with E-state index in [9.17, 15) is 0 Å². The van der Waals surface area contributed by atoms with Crippen LogP contribution in [-0.2, 0) is 0 Å². The van der Waals surface area contributed by atoms with Crippen LogP contribution in [0.3, 0.4) is 0 Å². The molecule has 1 aromatic heterocycles. The first-order valence-corrected chi connectivity index (χ1v) is 5.55. The van der Waals surface area contributed by atoms with Crippen molar-refractivity contribution in [2.24, 2.45) is 0 Å². The Bertz CT molecular complexity index is 299. The van der Waals surface area contributed by atoms with E-state index in [1.165, 1.54) is 0 Å². The van der Waals surface area contributed by atoms with Gasteiger partial charge in [-0.1, -0.05) is 13.0 Å². The van der Waals surface area contributed by atoms with Crippen LogP contribution in [0.15, 0.2) is 35.5 Å². The summed E-state index contributed by atoms with van der Waals surface area (Å²) in [5, 5.41) is 3.37. The summed E-state index contributed by atoms with van der Waals surface area (Å²) in [6.45, 7) is 6.92. The first-order chi connectivity index (χ1) is 6.79. The number of nitrogens with zero attached hydrogens (tertiary/aromatic N) is 1. The van der Waals surface area contributed by atoms with Crippen LogP contribution in [0, 0.1) is 0 Å². The van der Waals surface area contributed by atoms with Crippen molar-refractivity contribution in [3.05, 3.63) is 41.2 Å². The van der Waals surface area contributed by atoms with Gasteiger partial charge >= 0.3 is 0 Å². The highest BCUT2D eigenvalue weighted by Crippen LogP contribution is 2.21. The molecule has 0 aliphatic rings. The molecule has 0 aliphatic heterocycles. The molecule has 0 bridgehead atoms. The SMILES string of the molecule is C=CC(NCCC)c1ncccc1Br. The van der Waals surface area contributed by atoms with E-state index in [2.05, 4.69) is 39.7 Å². The fourth-order valence-electron chi connectivity index (χ4n) is 1.22. The summed E-state index contributed by atoms with van der Waals surface area (Å²) in [5.41, 5.74) is 0.996. The van der Waals surface area contributed by atoms with Crippen molar-refractivity contribution in [3.8, 4) is 0 Å². The molecule has 0 amide bonds. The number of aromatic nitrogens is 1. The molecule has 1 unspecified atom stereocenters. The smallest absolute Gasteiger partial charge is 0.0754 e. The van der Waals surface area contributed by atoms with Gasteiger partial charge in [-0.25, -0.2) is 0 Å². The molecular weight excluding hydrogens is 240 g/mol. The summed E-state index contributed by atoms with van der Waals surface area (Å²) in [6, 6.07) is 4.03. The Balaban J connectivity index is 2.78. The standard InChI is InChI=1S/C11H15BrN2/c1-3-7-13-10(4-2)11-9(12)6-5-8-14-11/h4-6,8,10,13H,2-3,7H2,1H3. The largest absolute Gasteiger partial charge is 0.305 e. The third-order valence-corrected chi connectivity index (χ3v) is 2.60. The molecule has 3 heteroatoms. The Hall–Kier alpha value is -0.670. The van der Waals surface area contributed by atoms with E-state index in [1.807, 2.05) is 18.2 Å². The second-order valence-electron chi connectivity index (χ2n) is 3.04. The summed E-state index contributed by atoms with van der Waals surface area (Å²) in [6.07, 6.45) is 4.78. The fraction of sp³-hybridized carbons (Fsp3) is 0.364. The number of rotatable bonds is 5. The zero-order valence-corrected chi connectivity index (χ0v) is 9.92. The predicted molar refractivity (Wildman–Crippen MR) is 63.2 cm³/mol. The zero-order chi connectivity index (χ0) is 10.4. The minimum atomic E-state index is 0.130. The molecule has 1 atom stereocenters. The summed E-state index contributed by atoms with van der Waals surface area (Å²) in [5.74, 6) is 0. The van der Waals surface area contributed by atoms with Crippen LogP contribution in [0.1, 0.15) is 25.1 Å². The fourth-order valence-corrected chi connectivity index (χ4v) is 1.72. The van der Waals surface area contributed by atoms with Crippen molar-refractivity contribution < 1.29 is 0 Å². The highest BCUT2D eigenvalue weighted by Gasteiger charge is 2.10. The van der Waals surface area contributed by atoms with Gasteiger partial charge in [-0.05, 0) is 41.0 Å². The van der Waals surface area contributed by atoms with E-state index in [4.69, 9.17) is 0 Å². The normalized spacial score (nSPS) is 12.4. The molecule has 1 heterocycles. The molecular formula is C11H15BrN2. The Morgan fingerprint density at radius 2 is 2.50 bits per heavy atom. The van der Waals surface area contributed by atoms with Crippen LogP contribution in [0.25, 0.3) is 0 Å². The van der Waals surface area contributed by atoms with Crippen LogP contribution in [0.5, 0.6) is 0 Å². The topological polar surface area (TPSA) is 24.9 Å². The predicted octanol–water partition coefficient (Wildman–Crippen LogP) is 3.07. The maximum Gasteiger partial charge on any atom is 0.0754 e. The number of pyridine rings is 1. The van der Waals surface area contributed by atoms with Crippen molar-refractivity contribution in [3.63, 3.8) is 0 Å². The van der Waals surface area contributed by atoms with Crippen molar-refractivity contribution >= 4 is 15.9 Å². The van der Waals surface area contributed by atoms with E-state index in [-0.39, 0.29) is 6.04 Å². The molecule has 0 radical (unpaired) electrons. The van der Waals surface area contributed by atoms with E-state index in [0.717, 1.165) is 23.1 Å². The molecule has 0 spiro atoms. The van der Waals surface area contributed by atoms with Crippen LogP contribution in [-0.4, -0.2) is 11.5 Å². The lowest BCUT2D eigenvalue weighted by Crippen LogP contribution is -2.21. The highest BCUT2D eigenvalue weighted by atomic mass is 79.9. The zero-order valence-electron chi connectivity index (χ0n) is 8.33. The Morgan fingerprint density at radius 3 is 3.07 bits per heavy atom. The molecule has 0 aromatic carbocycles.